The summed E-state index contributed by atoms with van der Waals surface area (Å²) in [6.07, 6.45) is 3.98. The largest absolute Gasteiger partial charge is 0.268 e. The second-order valence-electron chi connectivity index (χ2n) is 0.966. The number of alkyl halides is 1. The van der Waals surface area contributed by atoms with Gasteiger partial charge in [-0.05, 0) is 9.03 Å². The predicted molar refractivity (Wildman–Crippen MR) is 38.5 cm³/mol. The van der Waals surface area contributed by atoms with Gasteiger partial charge in [0.15, 0.2) is 0 Å². The van der Waals surface area contributed by atoms with Gasteiger partial charge in [-0.2, -0.15) is 0 Å². The Labute approximate surface area is 54.2 Å². The summed E-state index contributed by atoms with van der Waals surface area (Å²) in [5, 5.41) is 0.911. The van der Waals surface area contributed by atoms with Gasteiger partial charge in [-0.1, -0.05) is 28.1 Å². The topological polar surface area (TPSA) is 12.4 Å². The summed E-state index contributed by atoms with van der Waals surface area (Å²) in [7, 11) is 2.98. The molecule has 0 bridgehead atoms. The first kappa shape index (κ1) is 7.32. The van der Waals surface area contributed by atoms with Gasteiger partial charge in [-0.3, -0.25) is 4.74 Å². The zero-order valence-corrected chi connectivity index (χ0v) is 6.48. The van der Waals surface area contributed by atoms with Crippen molar-refractivity contribution in [3.63, 3.8) is 0 Å². The summed E-state index contributed by atoms with van der Waals surface area (Å²) in [6, 6.07) is 0. The normalized spacial score (nSPS) is 9.86. The number of halogens is 1. The first-order valence-corrected chi connectivity index (χ1v) is 3.53. The number of rotatable bonds is 3. The highest BCUT2D eigenvalue weighted by atomic mass is 79.9. The van der Waals surface area contributed by atoms with Gasteiger partial charge in [0, 0.05) is 5.33 Å². The van der Waals surface area contributed by atoms with Crippen molar-refractivity contribution in [3.8, 4) is 0 Å². The summed E-state index contributed by atoms with van der Waals surface area (Å²) >= 11 is 3.24. The molecule has 0 saturated carbocycles. The zero-order valence-electron chi connectivity index (χ0n) is 3.89. The van der Waals surface area contributed by atoms with Crippen molar-refractivity contribution in [1.82, 2.24) is 0 Å². The number of hydrogen-bond donors (Lipinski definition) is 0. The van der Waals surface area contributed by atoms with Crippen LogP contribution in [0.1, 0.15) is 0 Å². The first-order valence-electron chi connectivity index (χ1n) is 1.96. The number of nitrogens with zero attached hydrogens (tertiary/aromatic N) is 1. The molecule has 0 aromatic carbocycles. The Kier molecular flexibility index (Phi) is 6.61. The van der Waals surface area contributed by atoms with Gasteiger partial charge >= 0.3 is 0 Å². The lowest BCUT2D eigenvalue weighted by atomic mass is 10.5. The average molecular weight is 180 g/mol. The van der Waals surface area contributed by atoms with E-state index in [1.807, 2.05) is 12.2 Å². The third-order valence-corrected chi connectivity index (χ3v) is 1.01. The Morgan fingerprint density at radius 1 is 1.57 bits per heavy atom. The van der Waals surface area contributed by atoms with Crippen molar-refractivity contribution in [2.24, 2.45) is 4.74 Å². The molecule has 0 aliphatic carbocycles. The van der Waals surface area contributed by atoms with Crippen molar-refractivity contribution in [1.29, 1.82) is 0 Å². The second-order valence-corrected chi connectivity index (χ2v) is 1.93. The molecule has 0 amide bonds. The van der Waals surface area contributed by atoms with Crippen molar-refractivity contribution in [3.05, 3.63) is 12.2 Å². The van der Waals surface area contributed by atoms with Gasteiger partial charge < -0.3 is 0 Å². The van der Waals surface area contributed by atoms with Gasteiger partial charge in [0.1, 0.15) is 0 Å². The van der Waals surface area contributed by atoms with Crippen LogP contribution < -0.4 is 0 Å². The Morgan fingerprint density at radius 3 is 2.71 bits per heavy atom. The average Bonchev–Trinajstić information content (AvgIpc) is 1.69. The number of allylic oxidation sites excluding steroid dienone is 1. The molecule has 40 valence electrons. The van der Waals surface area contributed by atoms with Crippen molar-refractivity contribution in [2.45, 2.75) is 0 Å². The van der Waals surface area contributed by atoms with Crippen LogP contribution in [0.25, 0.3) is 0 Å². The Balaban J connectivity index is 2.92. The van der Waals surface area contributed by atoms with Crippen LogP contribution in [0.15, 0.2) is 16.9 Å². The van der Waals surface area contributed by atoms with Crippen molar-refractivity contribution < 1.29 is 0 Å². The predicted octanol–water partition coefficient (Wildman–Crippen LogP) is 2.26. The summed E-state index contributed by atoms with van der Waals surface area (Å²) in [5.41, 5.74) is 0. The molecule has 0 aromatic heterocycles. The van der Waals surface area contributed by atoms with E-state index in [1.54, 1.807) is 0 Å². The fraction of sp³-hybridized carbons (Fsp3) is 0.500. The summed E-state index contributed by atoms with van der Waals surface area (Å²) in [4.78, 5) is 0. The van der Waals surface area contributed by atoms with E-state index in [0.29, 0.717) is 0 Å². The lowest BCUT2D eigenvalue weighted by Crippen LogP contribution is -1.65. The molecule has 0 unspecified atom stereocenters. The molecular formula is C4H7BrNP. The van der Waals surface area contributed by atoms with E-state index in [0.717, 1.165) is 11.9 Å². The molecule has 0 saturated heterocycles. The minimum atomic E-state index is 0.752. The fourth-order valence-corrected chi connectivity index (χ4v) is 0.560. The molecule has 3 heteroatoms. The molecule has 0 fully saturated rings. The molecule has 0 aliphatic rings. The van der Waals surface area contributed by atoms with Gasteiger partial charge in [0.05, 0.1) is 6.54 Å². The van der Waals surface area contributed by atoms with Crippen LogP contribution >= 0.6 is 25.0 Å². The molecule has 7 heavy (non-hydrogen) atoms. The lowest BCUT2D eigenvalue weighted by Gasteiger charge is -1.74. The van der Waals surface area contributed by atoms with Gasteiger partial charge in [0.2, 0.25) is 0 Å². The second kappa shape index (κ2) is 6.32. The summed E-state index contributed by atoms with van der Waals surface area (Å²) in [5.74, 6) is 0. The monoisotopic (exact) mass is 179 g/mol. The zero-order chi connectivity index (χ0) is 5.54. The molecule has 1 nitrogen and oxygen atoms in total. The van der Waals surface area contributed by atoms with Crippen LogP contribution in [0.3, 0.4) is 0 Å². The lowest BCUT2D eigenvalue weighted by molar-refractivity contribution is 1.28. The molecule has 0 N–H and O–H groups in total. The maximum absolute atomic E-state index is 3.67. The van der Waals surface area contributed by atoms with Crippen molar-refractivity contribution >= 4 is 25.0 Å². The van der Waals surface area contributed by atoms with Crippen LogP contribution in [-0.2, 0) is 0 Å². The van der Waals surface area contributed by atoms with Crippen LogP contribution in [-0.4, -0.2) is 11.9 Å². The van der Waals surface area contributed by atoms with Gasteiger partial charge in [-0.25, -0.2) is 0 Å². The molecule has 0 heterocycles. The van der Waals surface area contributed by atoms with E-state index in [2.05, 4.69) is 29.7 Å². The molecule has 0 rings (SSSR count). The van der Waals surface area contributed by atoms with E-state index in [-0.39, 0.29) is 0 Å². The van der Waals surface area contributed by atoms with Crippen LogP contribution in [0, 0.1) is 0 Å². The molecule has 0 atom stereocenters. The summed E-state index contributed by atoms with van der Waals surface area (Å²) in [6.45, 7) is 0.752. The van der Waals surface area contributed by atoms with E-state index in [4.69, 9.17) is 0 Å². The molecule has 0 aliphatic heterocycles. The van der Waals surface area contributed by atoms with Crippen LogP contribution in [0.5, 0.6) is 0 Å². The third kappa shape index (κ3) is 6.32. The maximum Gasteiger partial charge on any atom is 0.0611 e. The Bertz CT molecular complexity index is 72.1. The maximum atomic E-state index is 3.67. The molecular weight excluding hydrogens is 173 g/mol. The number of hydrogen-bond acceptors (Lipinski definition) is 1. The van der Waals surface area contributed by atoms with Gasteiger partial charge in [-0.15, -0.1) is 0 Å². The minimum Gasteiger partial charge on any atom is -0.268 e. The molecule has 0 radical (unpaired) electrons. The highest BCUT2D eigenvalue weighted by molar-refractivity contribution is 9.09. The third-order valence-electron chi connectivity index (χ3n) is 0.452. The van der Waals surface area contributed by atoms with Crippen molar-refractivity contribution in [2.75, 3.05) is 11.9 Å². The molecule has 0 aromatic rings. The minimum absolute atomic E-state index is 0.752. The first-order chi connectivity index (χ1) is 3.41. The van der Waals surface area contributed by atoms with Gasteiger partial charge in [0.25, 0.3) is 0 Å². The molecule has 0 spiro atoms. The van der Waals surface area contributed by atoms with Crippen LogP contribution in [0.2, 0.25) is 0 Å². The fourth-order valence-electron chi connectivity index (χ4n) is 0.190. The standard InChI is InChI=1S/C4H7BrNP/c5-3-1-2-4-6-7/h1-2,7H,3-4H2/b2-1+. The Morgan fingerprint density at radius 2 is 2.29 bits per heavy atom. The Hall–Kier alpha value is 0.320. The van der Waals surface area contributed by atoms with E-state index >= 15 is 0 Å². The highest BCUT2D eigenvalue weighted by Gasteiger charge is 1.64. The van der Waals surface area contributed by atoms with E-state index < -0.39 is 0 Å². The SMILES string of the molecule is P=NC/C=C/CBr. The highest BCUT2D eigenvalue weighted by Crippen LogP contribution is 1.82. The quantitative estimate of drug-likeness (QED) is 0.358. The summed E-state index contributed by atoms with van der Waals surface area (Å²) < 4.78 is 3.67. The van der Waals surface area contributed by atoms with E-state index in [9.17, 15) is 0 Å². The smallest absolute Gasteiger partial charge is 0.0611 e. The van der Waals surface area contributed by atoms with Crippen LogP contribution in [0.4, 0.5) is 0 Å². The van der Waals surface area contributed by atoms with E-state index in [1.165, 1.54) is 0 Å².